The molecule has 0 fully saturated rings. The molecule has 0 bridgehead atoms. The van der Waals surface area contributed by atoms with Gasteiger partial charge in [-0.15, -0.1) is 6.42 Å². The van der Waals surface area contributed by atoms with Gasteiger partial charge < -0.3 is 0 Å². The molecule has 21 heavy (non-hydrogen) atoms. The van der Waals surface area contributed by atoms with E-state index in [1.54, 1.807) is 6.33 Å². The molecule has 0 unspecified atom stereocenters. The second kappa shape index (κ2) is 5.34. The summed E-state index contributed by atoms with van der Waals surface area (Å²) in [5.41, 5.74) is 5.43. The first-order valence-corrected chi connectivity index (χ1v) is 6.87. The number of hydrogen-bond acceptors (Lipinski definition) is 3. The highest BCUT2D eigenvalue weighted by atomic mass is 14.9. The van der Waals surface area contributed by atoms with Crippen molar-refractivity contribution in [3.8, 4) is 23.6 Å². The predicted molar refractivity (Wildman–Crippen MR) is 84.8 cm³/mol. The molecule has 0 atom stereocenters. The van der Waals surface area contributed by atoms with Crippen LogP contribution < -0.4 is 0 Å². The molecule has 1 aromatic carbocycles. The van der Waals surface area contributed by atoms with E-state index >= 15 is 0 Å². The summed E-state index contributed by atoms with van der Waals surface area (Å²) in [7, 11) is 0. The van der Waals surface area contributed by atoms with E-state index in [-0.39, 0.29) is 0 Å². The summed E-state index contributed by atoms with van der Waals surface area (Å²) in [6, 6.07) is 11.8. The van der Waals surface area contributed by atoms with Crippen LogP contribution in [0.25, 0.3) is 22.3 Å². The lowest BCUT2D eigenvalue weighted by atomic mass is 10.1. The first-order valence-electron chi connectivity index (χ1n) is 6.87. The number of hydrogen-bond donors (Lipinski definition) is 0. The minimum Gasteiger partial charge on any atom is -0.244 e. The molecule has 0 saturated carbocycles. The first-order chi connectivity index (χ1) is 10.2. The quantitative estimate of drug-likeness (QED) is 0.667. The minimum atomic E-state index is 0.301. The van der Waals surface area contributed by atoms with Crippen molar-refractivity contribution in [2.24, 2.45) is 0 Å². The highest BCUT2D eigenvalue weighted by Crippen LogP contribution is 2.24. The third-order valence-corrected chi connectivity index (χ3v) is 3.38. The maximum absolute atomic E-state index is 5.46. The molecule has 3 heteroatoms. The number of aromatic nitrogens is 3. The predicted octanol–water partition coefficient (Wildman–Crippen LogP) is 3.80. The molecule has 0 aliphatic carbocycles. The number of fused-ring (bicyclic) bond motifs is 1. The lowest BCUT2D eigenvalue weighted by Crippen LogP contribution is -1.98. The lowest BCUT2D eigenvalue weighted by molar-refractivity contribution is 0.824. The molecule has 0 radical (unpaired) electrons. The Labute approximate surface area is 124 Å². The van der Waals surface area contributed by atoms with E-state index in [9.17, 15) is 0 Å². The number of nitrogens with zero attached hydrogens (tertiary/aromatic N) is 3. The van der Waals surface area contributed by atoms with E-state index in [0.29, 0.717) is 5.92 Å². The van der Waals surface area contributed by atoms with Gasteiger partial charge in [-0.05, 0) is 30.2 Å². The van der Waals surface area contributed by atoms with Crippen molar-refractivity contribution < 1.29 is 0 Å². The van der Waals surface area contributed by atoms with Crippen LogP contribution in [0.2, 0.25) is 0 Å². The minimum absolute atomic E-state index is 0.301. The van der Waals surface area contributed by atoms with Crippen molar-refractivity contribution in [2.45, 2.75) is 19.8 Å². The van der Waals surface area contributed by atoms with Crippen LogP contribution in [-0.2, 0) is 0 Å². The van der Waals surface area contributed by atoms with Gasteiger partial charge in [0.1, 0.15) is 11.8 Å². The summed E-state index contributed by atoms with van der Waals surface area (Å²) >= 11 is 0. The van der Waals surface area contributed by atoms with Crippen molar-refractivity contribution in [2.75, 3.05) is 0 Å². The highest BCUT2D eigenvalue weighted by molar-refractivity contribution is 5.80. The summed E-state index contributed by atoms with van der Waals surface area (Å²) in [5.74, 6) is 2.95. The van der Waals surface area contributed by atoms with Crippen molar-refractivity contribution in [1.82, 2.24) is 15.0 Å². The zero-order chi connectivity index (χ0) is 14.8. The third kappa shape index (κ3) is 2.48. The van der Waals surface area contributed by atoms with Crippen LogP contribution in [0.3, 0.4) is 0 Å². The van der Waals surface area contributed by atoms with Gasteiger partial charge in [0.25, 0.3) is 0 Å². The van der Waals surface area contributed by atoms with Crippen LogP contribution >= 0.6 is 0 Å². The van der Waals surface area contributed by atoms with E-state index in [4.69, 9.17) is 11.4 Å². The average molecular weight is 273 g/mol. The van der Waals surface area contributed by atoms with E-state index in [0.717, 1.165) is 33.5 Å². The molecule has 0 spiro atoms. The Hall–Kier alpha value is -2.73. The zero-order valence-corrected chi connectivity index (χ0v) is 12.0. The van der Waals surface area contributed by atoms with Crippen LogP contribution in [0.4, 0.5) is 0 Å². The Bertz CT molecular complexity index is 844. The molecule has 2 heterocycles. The van der Waals surface area contributed by atoms with Crippen molar-refractivity contribution in [3.63, 3.8) is 0 Å². The monoisotopic (exact) mass is 273 g/mol. The van der Waals surface area contributed by atoms with Crippen molar-refractivity contribution in [3.05, 3.63) is 54.0 Å². The smallest absolute Gasteiger partial charge is 0.116 e. The fourth-order valence-electron chi connectivity index (χ4n) is 2.31. The van der Waals surface area contributed by atoms with Crippen molar-refractivity contribution in [1.29, 1.82) is 0 Å². The fraction of sp³-hybridized carbons (Fsp3) is 0.167. The van der Waals surface area contributed by atoms with Gasteiger partial charge in [0.2, 0.25) is 0 Å². The molecule has 3 aromatic rings. The van der Waals surface area contributed by atoms with Crippen molar-refractivity contribution >= 4 is 11.0 Å². The molecule has 0 N–H and O–H groups in total. The Morgan fingerprint density at radius 2 is 1.95 bits per heavy atom. The summed E-state index contributed by atoms with van der Waals surface area (Å²) < 4.78 is 0. The highest BCUT2D eigenvalue weighted by Gasteiger charge is 2.10. The van der Waals surface area contributed by atoms with Gasteiger partial charge >= 0.3 is 0 Å². The fourth-order valence-corrected chi connectivity index (χ4v) is 2.31. The Balaban J connectivity index is 2.20. The molecule has 0 amide bonds. The maximum atomic E-state index is 5.46. The standard InChI is InChI=1S/C18H15N3/c1-4-13-6-5-7-14(10-13)15-8-9-16-18(21-15)17(12(2)3)20-11-19-16/h1,5-12H,2-3H3. The first kappa shape index (κ1) is 13.3. The van der Waals surface area contributed by atoms with Crippen LogP contribution in [0.15, 0.2) is 42.7 Å². The van der Waals surface area contributed by atoms with E-state index < -0.39 is 0 Å². The molecular weight excluding hydrogens is 258 g/mol. The Kier molecular flexibility index (Phi) is 3.37. The van der Waals surface area contributed by atoms with Gasteiger partial charge in [0.15, 0.2) is 0 Å². The Morgan fingerprint density at radius 1 is 1.10 bits per heavy atom. The Morgan fingerprint density at radius 3 is 2.71 bits per heavy atom. The van der Waals surface area contributed by atoms with Gasteiger partial charge in [-0.2, -0.15) is 0 Å². The van der Waals surface area contributed by atoms with Gasteiger partial charge in [-0.3, -0.25) is 0 Å². The molecule has 0 aliphatic heterocycles. The number of rotatable bonds is 2. The van der Waals surface area contributed by atoms with E-state index in [1.807, 2.05) is 36.4 Å². The van der Waals surface area contributed by atoms with Gasteiger partial charge in [0, 0.05) is 11.1 Å². The van der Waals surface area contributed by atoms with Gasteiger partial charge in [0.05, 0.1) is 16.9 Å². The lowest BCUT2D eigenvalue weighted by Gasteiger charge is -2.09. The SMILES string of the molecule is C#Cc1cccc(-c2ccc3ncnc(C(C)C)c3n2)c1. The molecular formula is C18H15N3. The van der Waals surface area contributed by atoms with E-state index in [1.165, 1.54) is 0 Å². The van der Waals surface area contributed by atoms with E-state index in [2.05, 4.69) is 29.7 Å². The van der Waals surface area contributed by atoms with Gasteiger partial charge in [-0.25, -0.2) is 15.0 Å². The molecule has 3 nitrogen and oxygen atoms in total. The van der Waals surface area contributed by atoms with Crippen LogP contribution in [0.5, 0.6) is 0 Å². The number of pyridine rings is 1. The van der Waals surface area contributed by atoms with Crippen LogP contribution in [0, 0.1) is 12.3 Å². The molecule has 2 aromatic heterocycles. The second-order valence-electron chi connectivity index (χ2n) is 5.20. The zero-order valence-electron chi connectivity index (χ0n) is 12.0. The summed E-state index contributed by atoms with van der Waals surface area (Å²) in [6.45, 7) is 4.21. The molecule has 0 aliphatic rings. The van der Waals surface area contributed by atoms with Gasteiger partial charge in [-0.1, -0.05) is 31.9 Å². The van der Waals surface area contributed by atoms with Crippen LogP contribution in [-0.4, -0.2) is 15.0 Å². The topological polar surface area (TPSA) is 38.7 Å². The summed E-state index contributed by atoms with van der Waals surface area (Å²) in [6.07, 6.45) is 7.06. The largest absolute Gasteiger partial charge is 0.244 e. The normalized spacial score (nSPS) is 10.8. The third-order valence-electron chi connectivity index (χ3n) is 3.38. The summed E-state index contributed by atoms with van der Waals surface area (Å²) in [5, 5.41) is 0. The number of benzene rings is 1. The second-order valence-corrected chi connectivity index (χ2v) is 5.20. The maximum Gasteiger partial charge on any atom is 0.116 e. The summed E-state index contributed by atoms with van der Waals surface area (Å²) in [4.78, 5) is 13.4. The van der Waals surface area contributed by atoms with Crippen LogP contribution in [0.1, 0.15) is 31.0 Å². The molecule has 0 saturated heterocycles. The average Bonchev–Trinajstić information content (AvgIpc) is 2.53. The molecule has 3 rings (SSSR count). The molecule has 102 valence electrons. The number of terminal acetylenes is 1.